The van der Waals surface area contributed by atoms with Crippen molar-refractivity contribution in [2.75, 3.05) is 13.6 Å². The minimum atomic E-state index is -1.07. The molecule has 8 nitrogen and oxygen atoms in total. The van der Waals surface area contributed by atoms with E-state index in [-0.39, 0.29) is 35.0 Å². The van der Waals surface area contributed by atoms with Gasteiger partial charge in [0.2, 0.25) is 5.91 Å². The number of aliphatic hydroxyl groups excluding tert-OH is 1. The van der Waals surface area contributed by atoms with Gasteiger partial charge in [0.1, 0.15) is 5.70 Å². The summed E-state index contributed by atoms with van der Waals surface area (Å²) in [5.41, 5.74) is 0.105. The quantitative estimate of drug-likeness (QED) is 0.721. The number of likely N-dealkylation sites (tertiary alicyclic amines) is 1. The molecule has 0 aromatic carbocycles. The van der Waals surface area contributed by atoms with E-state index in [0.29, 0.717) is 0 Å². The van der Waals surface area contributed by atoms with Gasteiger partial charge in [-0.15, -0.1) is 11.8 Å². The zero-order valence-electron chi connectivity index (χ0n) is 15.5. The number of β-lactam (4-membered cyclic amide) rings is 1. The molecule has 27 heavy (non-hydrogen) atoms. The van der Waals surface area contributed by atoms with Crippen LogP contribution in [0.15, 0.2) is 29.3 Å². The number of carboxylic acid groups (broad SMARTS) is 1. The van der Waals surface area contributed by atoms with Crippen LogP contribution in [0.2, 0.25) is 0 Å². The topological polar surface area (TPSA) is 98.9 Å². The van der Waals surface area contributed by atoms with E-state index < -0.39 is 18.0 Å². The van der Waals surface area contributed by atoms with Crippen molar-refractivity contribution in [3.63, 3.8) is 0 Å². The molecule has 1 aromatic heterocycles. The normalized spacial score (nSPS) is 34.7. The highest BCUT2D eigenvalue weighted by molar-refractivity contribution is 8.03. The van der Waals surface area contributed by atoms with Crippen molar-refractivity contribution in [1.82, 2.24) is 19.4 Å². The second kappa shape index (κ2) is 6.65. The van der Waals surface area contributed by atoms with Crippen molar-refractivity contribution in [3.05, 3.63) is 29.3 Å². The summed E-state index contributed by atoms with van der Waals surface area (Å²) < 4.78 is 2.06. The molecule has 0 unspecified atom stereocenters. The van der Waals surface area contributed by atoms with E-state index in [0.717, 1.165) is 17.9 Å². The molecule has 0 aliphatic carbocycles. The van der Waals surface area contributed by atoms with Crippen LogP contribution in [0.1, 0.15) is 26.4 Å². The van der Waals surface area contributed by atoms with Gasteiger partial charge < -0.3 is 19.7 Å². The van der Waals surface area contributed by atoms with Gasteiger partial charge >= 0.3 is 5.97 Å². The maximum absolute atomic E-state index is 12.4. The van der Waals surface area contributed by atoms with Gasteiger partial charge in [-0.25, -0.2) is 9.78 Å². The van der Waals surface area contributed by atoms with Crippen LogP contribution in [0.5, 0.6) is 0 Å². The second-order valence-corrected chi connectivity index (χ2v) is 9.02. The van der Waals surface area contributed by atoms with Crippen molar-refractivity contribution in [2.24, 2.45) is 11.8 Å². The lowest BCUT2D eigenvalue weighted by Gasteiger charge is -2.46. The number of hydrogen-bond donors (Lipinski definition) is 2. The largest absolute Gasteiger partial charge is 0.477 e. The predicted molar refractivity (Wildman–Crippen MR) is 99.5 cm³/mol. The van der Waals surface area contributed by atoms with Gasteiger partial charge in [0.05, 0.1) is 30.6 Å². The highest BCUT2D eigenvalue weighted by atomic mass is 32.2. The summed E-state index contributed by atoms with van der Waals surface area (Å²) in [4.78, 5) is 32.8. The van der Waals surface area contributed by atoms with Crippen LogP contribution < -0.4 is 0 Å². The third kappa shape index (κ3) is 2.79. The number of aliphatic hydroxyl groups is 1. The zero-order valence-corrected chi connectivity index (χ0v) is 16.3. The van der Waals surface area contributed by atoms with Crippen molar-refractivity contribution in [2.45, 2.75) is 43.8 Å². The fourth-order valence-electron chi connectivity index (χ4n) is 4.67. The van der Waals surface area contributed by atoms with Crippen molar-refractivity contribution < 1.29 is 19.8 Å². The summed E-state index contributed by atoms with van der Waals surface area (Å²) in [7, 11) is 2.05. The number of amides is 1. The number of carbonyl (C=O) groups is 2. The first kappa shape index (κ1) is 18.5. The Kier molecular flexibility index (Phi) is 4.56. The van der Waals surface area contributed by atoms with E-state index in [9.17, 15) is 19.8 Å². The van der Waals surface area contributed by atoms with Gasteiger partial charge in [-0.3, -0.25) is 9.69 Å². The molecular weight excluding hydrogens is 368 g/mol. The SMILES string of the molecule is C[C@@H](O)[C@H]1C(=O)N2C(C(=O)O)=C(S[C@H]3C[C@H](n4ccnc4)N(C)C3)[C@H](C)[C@H]12. The Morgan fingerprint density at radius 1 is 1.44 bits per heavy atom. The van der Waals surface area contributed by atoms with Gasteiger partial charge in [0.25, 0.3) is 0 Å². The summed E-state index contributed by atoms with van der Waals surface area (Å²) in [6.45, 7) is 4.39. The molecule has 146 valence electrons. The van der Waals surface area contributed by atoms with Crippen molar-refractivity contribution in [1.29, 1.82) is 0 Å². The Hall–Kier alpha value is -1.84. The fraction of sp³-hybridized carbons (Fsp3) is 0.611. The Labute approximate surface area is 161 Å². The summed E-state index contributed by atoms with van der Waals surface area (Å²) in [6.07, 6.45) is 5.78. The number of carboxylic acids is 1. The summed E-state index contributed by atoms with van der Waals surface area (Å²) >= 11 is 1.58. The molecule has 2 saturated heterocycles. The maximum atomic E-state index is 12.4. The van der Waals surface area contributed by atoms with Crippen LogP contribution in [-0.2, 0) is 9.59 Å². The average molecular weight is 392 g/mol. The molecule has 0 radical (unpaired) electrons. The molecule has 1 amide bonds. The Bertz CT molecular complexity index is 793. The first-order valence-corrected chi connectivity index (χ1v) is 10.0. The van der Waals surface area contributed by atoms with Crippen molar-refractivity contribution in [3.8, 4) is 0 Å². The number of aromatic nitrogens is 2. The number of thioether (sulfide) groups is 1. The van der Waals surface area contributed by atoms with Gasteiger partial charge in [-0.05, 0) is 20.4 Å². The fourth-order valence-corrected chi connectivity index (χ4v) is 6.26. The number of nitrogens with zero attached hydrogens (tertiary/aromatic N) is 4. The molecule has 3 aliphatic heterocycles. The summed E-state index contributed by atoms with van der Waals surface area (Å²) in [5, 5.41) is 19.9. The summed E-state index contributed by atoms with van der Waals surface area (Å²) in [5.74, 6) is -1.95. The van der Waals surface area contributed by atoms with Crippen LogP contribution in [-0.4, -0.2) is 72.4 Å². The minimum Gasteiger partial charge on any atom is -0.477 e. The van der Waals surface area contributed by atoms with E-state index in [1.54, 1.807) is 31.2 Å². The molecule has 6 atom stereocenters. The summed E-state index contributed by atoms with van der Waals surface area (Å²) in [6, 6.07) is -0.255. The molecule has 4 rings (SSSR count). The molecule has 9 heteroatoms. The monoisotopic (exact) mass is 392 g/mol. The van der Waals surface area contributed by atoms with Crippen LogP contribution in [0.4, 0.5) is 0 Å². The van der Waals surface area contributed by atoms with E-state index in [4.69, 9.17) is 0 Å². The molecular formula is C18H24N4O4S. The average Bonchev–Trinajstić information content (AvgIpc) is 3.27. The molecule has 2 fully saturated rings. The van der Waals surface area contributed by atoms with E-state index in [1.165, 1.54) is 4.90 Å². The first-order chi connectivity index (χ1) is 12.8. The predicted octanol–water partition coefficient (Wildman–Crippen LogP) is 0.973. The smallest absolute Gasteiger partial charge is 0.353 e. The number of rotatable bonds is 5. The van der Waals surface area contributed by atoms with Crippen LogP contribution in [0.3, 0.4) is 0 Å². The number of carbonyl (C=O) groups excluding carboxylic acids is 1. The molecule has 3 aliphatic rings. The lowest BCUT2D eigenvalue weighted by Crippen LogP contribution is -2.63. The Morgan fingerprint density at radius 3 is 2.78 bits per heavy atom. The van der Waals surface area contributed by atoms with Gasteiger partial charge in [-0.1, -0.05) is 6.92 Å². The Morgan fingerprint density at radius 2 is 2.19 bits per heavy atom. The third-order valence-electron chi connectivity index (χ3n) is 5.95. The van der Waals surface area contributed by atoms with Gasteiger partial charge in [-0.2, -0.15) is 0 Å². The van der Waals surface area contributed by atoms with Crippen LogP contribution in [0, 0.1) is 11.8 Å². The van der Waals surface area contributed by atoms with Crippen LogP contribution >= 0.6 is 11.8 Å². The van der Waals surface area contributed by atoms with Crippen molar-refractivity contribution >= 4 is 23.6 Å². The number of hydrogen-bond acceptors (Lipinski definition) is 6. The third-order valence-corrected chi connectivity index (χ3v) is 7.44. The lowest BCUT2D eigenvalue weighted by molar-refractivity contribution is -0.163. The number of aliphatic carboxylic acids is 1. The Balaban J connectivity index is 1.56. The van der Waals surface area contributed by atoms with E-state index in [2.05, 4.69) is 21.5 Å². The second-order valence-electron chi connectivity index (χ2n) is 7.68. The molecule has 1 aromatic rings. The van der Waals surface area contributed by atoms with Crippen LogP contribution in [0.25, 0.3) is 0 Å². The first-order valence-electron chi connectivity index (χ1n) is 9.14. The highest BCUT2D eigenvalue weighted by Crippen LogP contribution is 2.52. The van der Waals surface area contributed by atoms with Gasteiger partial charge in [0.15, 0.2) is 0 Å². The maximum Gasteiger partial charge on any atom is 0.353 e. The lowest BCUT2D eigenvalue weighted by atomic mass is 9.79. The van der Waals surface area contributed by atoms with E-state index >= 15 is 0 Å². The zero-order chi connectivity index (χ0) is 19.5. The van der Waals surface area contributed by atoms with E-state index in [1.807, 2.05) is 13.1 Å². The highest BCUT2D eigenvalue weighted by Gasteiger charge is 2.60. The molecule has 0 saturated carbocycles. The molecule has 0 spiro atoms. The molecule has 2 N–H and O–H groups in total. The number of fused-ring (bicyclic) bond motifs is 1. The number of imidazole rings is 1. The molecule has 4 heterocycles. The standard InChI is InChI=1S/C18H24N4O4S/c1-9-14-13(10(2)23)17(24)22(14)15(18(25)26)16(9)27-11-6-12(20(3)7-11)21-5-4-19-8-21/h4-5,8-14,23H,6-7H2,1-3H3,(H,25,26)/t9-,10-,11+,12+,13-,14-/m1/s1. The van der Waals surface area contributed by atoms with Gasteiger partial charge in [0, 0.05) is 35.0 Å². The minimum absolute atomic E-state index is 0.0870. The molecule has 0 bridgehead atoms.